The van der Waals surface area contributed by atoms with Crippen LogP contribution in [0, 0.1) is 11.2 Å². The van der Waals surface area contributed by atoms with Gasteiger partial charge in [0.2, 0.25) is 0 Å². The second-order valence-electron chi connectivity index (χ2n) is 4.55. The zero-order chi connectivity index (χ0) is 14.3. The fourth-order valence-corrected chi connectivity index (χ4v) is 1.94. The van der Waals surface area contributed by atoms with E-state index in [0.717, 1.165) is 19.4 Å². The van der Waals surface area contributed by atoms with E-state index in [0.29, 0.717) is 18.7 Å². The molecule has 0 aromatic heterocycles. The zero-order valence-electron chi connectivity index (χ0n) is 11.3. The lowest BCUT2D eigenvalue weighted by Gasteiger charge is -2.21. The maximum Gasteiger partial charge on any atom is 0.138 e. The summed E-state index contributed by atoms with van der Waals surface area (Å²) in [6.45, 7) is 3.91. The van der Waals surface area contributed by atoms with Crippen molar-refractivity contribution in [2.45, 2.75) is 26.3 Å². The van der Waals surface area contributed by atoms with Crippen molar-refractivity contribution in [3.05, 3.63) is 35.1 Å². The van der Waals surface area contributed by atoms with Crippen molar-refractivity contribution in [2.24, 2.45) is 5.73 Å². The molecule has 1 aromatic carbocycles. The number of hydrogen-bond acceptors (Lipinski definition) is 3. The van der Waals surface area contributed by atoms with Gasteiger partial charge in [-0.15, -0.1) is 0 Å². The number of halogens is 1. The third-order valence-corrected chi connectivity index (χ3v) is 3.01. The number of unbranched alkanes of at least 4 members (excludes halogenated alkanes) is 1. The van der Waals surface area contributed by atoms with E-state index in [9.17, 15) is 4.39 Å². The Hall–Kier alpha value is -1.46. The molecule has 0 atom stereocenters. The van der Waals surface area contributed by atoms with E-state index in [2.05, 4.69) is 6.92 Å². The molecule has 0 fully saturated rings. The van der Waals surface area contributed by atoms with Crippen molar-refractivity contribution in [1.82, 2.24) is 4.90 Å². The molecule has 0 saturated carbocycles. The maximum absolute atomic E-state index is 14.1. The predicted octanol–water partition coefficient (Wildman–Crippen LogP) is 1.70. The quantitative estimate of drug-likeness (QED) is 0.496. The first-order chi connectivity index (χ1) is 9.10. The highest BCUT2D eigenvalue weighted by atomic mass is 19.1. The van der Waals surface area contributed by atoms with Crippen molar-refractivity contribution in [3.63, 3.8) is 0 Å². The lowest BCUT2D eigenvalue weighted by molar-refractivity contribution is 0.187. The Morgan fingerprint density at radius 3 is 2.74 bits per heavy atom. The Morgan fingerprint density at radius 2 is 2.16 bits per heavy atom. The summed E-state index contributed by atoms with van der Waals surface area (Å²) in [5, 5.41) is 16.4. The van der Waals surface area contributed by atoms with Gasteiger partial charge in [-0.1, -0.05) is 25.5 Å². The number of amidine groups is 1. The molecule has 0 unspecified atom stereocenters. The molecule has 4 N–H and O–H groups in total. The van der Waals surface area contributed by atoms with Crippen molar-refractivity contribution < 1.29 is 9.50 Å². The Kier molecular flexibility index (Phi) is 6.45. The van der Waals surface area contributed by atoms with Crippen LogP contribution in [0.15, 0.2) is 18.2 Å². The maximum atomic E-state index is 14.1. The molecular weight excluding hydrogens is 245 g/mol. The Labute approximate surface area is 113 Å². The molecule has 0 saturated heterocycles. The lowest BCUT2D eigenvalue weighted by atomic mass is 10.1. The summed E-state index contributed by atoms with van der Waals surface area (Å²) < 4.78 is 14.1. The van der Waals surface area contributed by atoms with E-state index in [-0.39, 0.29) is 18.0 Å². The third-order valence-electron chi connectivity index (χ3n) is 3.01. The standard InChI is InChI=1S/C14H22FN3O/c1-2-3-7-18(8-9-19)10-11-5-4-6-12(13(11)15)14(16)17/h4-6,19H,2-3,7-10H2,1H3,(H3,16,17). The number of rotatable bonds is 8. The van der Waals surface area contributed by atoms with E-state index in [4.69, 9.17) is 16.2 Å². The van der Waals surface area contributed by atoms with E-state index < -0.39 is 5.82 Å². The molecule has 0 aliphatic heterocycles. The van der Waals surface area contributed by atoms with Gasteiger partial charge in [0.1, 0.15) is 11.7 Å². The number of aliphatic hydroxyl groups excluding tert-OH is 1. The topological polar surface area (TPSA) is 73.3 Å². The first-order valence-electron chi connectivity index (χ1n) is 6.55. The molecule has 4 nitrogen and oxygen atoms in total. The van der Waals surface area contributed by atoms with Crippen molar-refractivity contribution in [1.29, 1.82) is 5.41 Å². The minimum atomic E-state index is -0.436. The van der Waals surface area contributed by atoms with E-state index in [1.165, 1.54) is 6.07 Å². The Balaban J connectivity index is 2.83. The minimum absolute atomic E-state index is 0.0533. The first-order valence-corrected chi connectivity index (χ1v) is 6.55. The summed E-state index contributed by atoms with van der Waals surface area (Å²) in [4.78, 5) is 2.01. The molecule has 1 rings (SSSR count). The minimum Gasteiger partial charge on any atom is -0.395 e. The summed E-state index contributed by atoms with van der Waals surface area (Å²) in [5.74, 6) is -0.698. The highest BCUT2D eigenvalue weighted by molar-refractivity contribution is 5.95. The zero-order valence-corrected chi connectivity index (χ0v) is 11.3. The molecular formula is C14H22FN3O. The normalized spacial score (nSPS) is 10.9. The summed E-state index contributed by atoms with van der Waals surface area (Å²) >= 11 is 0. The summed E-state index contributed by atoms with van der Waals surface area (Å²) in [7, 11) is 0. The molecule has 0 aliphatic carbocycles. The van der Waals surface area contributed by atoms with Crippen LogP contribution in [-0.4, -0.2) is 35.5 Å². The SMILES string of the molecule is CCCCN(CCO)Cc1cccc(C(=N)N)c1F. The second-order valence-corrected chi connectivity index (χ2v) is 4.55. The molecule has 19 heavy (non-hydrogen) atoms. The second kappa shape index (κ2) is 7.86. The van der Waals surface area contributed by atoms with Gasteiger partial charge < -0.3 is 10.8 Å². The Bertz CT molecular complexity index is 423. The number of nitrogen functional groups attached to an aromatic ring is 1. The van der Waals surface area contributed by atoms with E-state index >= 15 is 0 Å². The number of benzene rings is 1. The fraction of sp³-hybridized carbons (Fsp3) is 0.500. The van der Waals surface area contributed by atoms with Gasteiger partial charge in [-0.3, -0.25) is 10.3 Å². The van der Waals surface area contributed by atoms with Crippen molar-refractivity contribution in [3.8, 4) is 0 Å². The predicted molar refractivity (Wildman–Crippen MR) is 74.7 cm³/mol. The van der Waals surface area contributed by atoms with Gasteiger partial charge in [-0.05, 0) is 19.0 Å². The highest BCUT2D eigenvalue weighted by Crippen LogP contribution is 2.15. The van der Waals surface area contributed by atoms with Gasteiger partial charge in [0.25, 0.3) is 0 Å². The number of hydrogen-bond donors (Lipinski definition) is 3. The van der Waals surface area contributed by atoms with Crippen LogP contribution in [0.1, 0.15) is 30.9 Å². The van der Waals surface area contributed by atoms with Gasteiger partial charge in [-0.25, -0.2) is 4.39 Å². The van der Waals surface area contributed by atoms with Crippen LogP contribution in [0.5, 0.6) is 0 Å². The molecule has 0 heterocycles. The number of nitrogens with two attached hydrogens (primary N) is 1. The molecule has 106 valence electrons. The van der Waals surface area contributed by atoms with Crippen molar-refractivity contribution >= 4 is 5.84 Å². The number of nitrogens with zero attached hydrogens (tertiary/aromatic N) is 1. The average Bonchev–Trinajstić information content (AvgIpc) is 2.38. The number of aliphatic hydroxyl groups is 1. The van der Waals surface area contributed by atoms with Gasteiger partial charge in [0, 0.05) is 18.7 Å². The molecule has 0 aliphatic rings. The van der Waals surface area contributed by atoms with Crippen LogP contribution in [0.2, 0.25) is 0 Å². The largest absolute Gasteiger partial charge is 0.395 e. The van der Waals surface area contributed by atoms with Crippen LogP contribution in [-0.2, 0) is 6.54 Å². The van der Waals surface area contributed by atoms with Crippen LogP contribution in [0.4, 0.5) is 4.39 Å². The highest BCUT2D eigenvalue weighted by Gasteiger charge is 2.13. The van der Waals surface area contributed by atoms with E-state index in [1.807, 2.05) is 4.90 Å². The fourth-order valence-electron chi connectivity index (χ4n) is 1.94. The van der Waals surface area contributed by atoms with Crippen LogP contribution >= 0.6 is 0 Å². The van der Waals surface area contributed by atoms with Gasteiger partial charge >= 0.3 is 0 Å². The molecule has 5 heteroatoms. The summed E-state index contributed by atoms with van der Waals surface area (Å²) in [6.07, 6.45) is 2.06. The molecule has 0 amide bonds. The first kappa shape index (κ1) is 15.6. The molecule has 0 radical (unpaired) electrons. The molecule has 1 aromatic rings. The molecule has 0 spiro atoms. The monoisotopic (exact) mass is 267 g/mol. The average molecular weight is 267 g/mol. The van der Waals surface area contributed by atoms with Gasteiger partial charge in [0.15, 0.2) is 0 Å². The Morgan fingerprint density at radius 1 is 1.42 bits per heavy atom. The van der Waals surface area contributed by atoms with Gasteiger partial charge in [-0.2, -0.15) is 0 Å². The number of nitrogens with one attached hydrogen (secondary N) is 1. The van der Waals surface area contributed by atoms with Gasteiger partial charge in [0.05, 0.1) is 12.2 Å². The summed E-state index contributed by atoms with van der Waals surface area (Å²) in [5.41, 5.74) is 5.99. The lowest BCUT2D eigenvalue weighted by Crippen LogP contribution is -2.28. The summed E-state index contributed by atoms with van der Waals surface area (Å²) in [6, 6.07) is 4.90. The van der Waals surface area contributed by atoms with Crippen LogP contribution in [0.3, 0.4) is 0 Å². The van der Waals surface area contributed by atoms with E-state index in [1.54, 1.807) is 12.1 Å². The third kappa shape index (κ3) is 4.61. The van der Waals surface area contributed by atoms with Crippen molar-refractivity contribution in [2.75, 3.05) is 19.7 Å². The molecule has 0 bridgehead atoms. The van der Waals surface area contributed by atoms with Crippen LogP contribution in [0.25, 0.3) is 0 Å². The smallest absolute Gasteiger partial charge is 0.138 e. The van der Waals surface area contributed by atoms with Crippen LogP contribution < -0.4 is 5.73 Å².